The Kier molecular flexibility index (Phi) is 7.57. The fraction of sp³-hybridized carbons (Fsp3) is 0.333. The number of thiophene rings is 1. The van der Waals surface area contributed by atoms with Crippen molar-refractivity contribution in [3.05, 3.63) is 70.9 Å². The Hall–Kier alpha value is -3.57. The zero-order valence-corrected chi connectivity index (χ0v) is 21.3. The summed E-state index contributed by atoms with van der Waals surface area (Å²) in [5.74, 6) is 0.967. The summed E-state index contributed by atoms with van der Waals surface area (Å²) in [5.41, 5.74) is 6.14. The molecule has 1 amide bonds. The zero-order valence-electron chi connectivity index (χ0n) is 20.5. The van der Waals surface area contributed by atoms with E-state index in [2.05, 4.69) is 10.3 Å². The Morgan fingerprint density at radius 2 is 1.95 bits per heavy atom. The highest BCUT2D eigenvalue weighted by molar-refractivity contribution is 7.15. The molecule has 200 valence electrons. The third-order valence-electron chi connectivity index (χ3n) is 6.49. The quantitative estimate of drug-likeness (QED) is 0.307. The van der Waals surface area contributed by atoms with Crippen molar-refractivity contribution in [2.24, 2.45) is 11.7 Å². The maximum Gasteiger partial charge on any atom is 0.416 e. The van der Waals surface area contributed by atoms with Crippen molar-refractivity contribution in [2.45, 2.75) is 32.0 Å². The van der Waals surface area contributed by atoms with Crippen LogP contribution in [0, 0.1) is 5.92 Å². The van der Waals surface area contributed by atoms with E-state index in [-0.39, 0.29) is 18.6 Å². The van der Waals surface area contributed by atoms with Gasteiger partial charge in [0.2, 0.25) is 5.91 Å². The lowest BCUT2D eigenvalue weighted by Gasteiger charge is -2.22. The van der Waals surface area contributed by atoms with Crippen molar-refractivity contribution in [2.75, 3.05) is 19.7 Å². The van der Waals surface area contributed by atoms with E-state index in [0.717, 1.165) is 42.6 Å². The van der Waals surface area contributed by atoms with Crippen molar-refractivity contribution in [1.82, 2.24) is 14.7 Å². The third-order valence-corrected chi connectivity index (χ3v) is 7.63. The molecule has 0 radical (unpaired) electrons. The number of alkyl halides is 3. The molecule has 4 aromatic rings. The summed E-state index contributed by atoms with van der Waals surface area (Å²) in [4.78, 5) is 17.5. The van der Waals surface area contributed by atoms with Crippen molar-refractivity contribution in [3.8, 4) is 22.1 Å². The van der Waals surface area contributed by atoms with E-state index in [9.17, 15) is 18.0 Å². The fourth-order valence-corrected chi connectivity index (χ4v) is 5.63. The second kappa shape index (κ2) is 11.0. The lowest BCUT2D eigenvalue weighted by molar-refractivity contribution is -0.138. The normalized spacial score (nSPS) is 14.6. The first-order valence-electron chi connectivity index (χ1n) is 12.3. The number of aromatic nitrogens is 2. The van der Waals surface area contributed by atoms with Crippen LogP contribution in [0.4, 0.5) is 13.2 Å². The summed E-state index contributed by atoms with van der Waals surface area (Å²) in [6.45, 7) is 2.32. The van der Waals surface area contributed by atoms with Crippen LogP contribution in [-0.2, 0) is 24.0 Å². The molecule has 3 aromatic heterocycles. The lowest BCUT2D eigenvalue weighted by Crippen LogP contribution is -2.30. The zero-order chi connectivity index (χ0) is 26.7. The first kappa shape index (κ1) is 26.1. The van der Waals surface area contributed by atoms with Crippen molar-refractivity contribution >= 4 is 22.9 Å². The number of benzene rings is 1. The van der Waals surface area contributed by atoms with Gasteiger partial charge in [-0.3, -0.25) is 9.20 Å². The van der Waals surface area contributed by atoms with Crippen LogP contribution in [0.5, 0.6) is 11.5 Å². The predicted octanol–water partition coefficient (Wildman–Crippen LogP) is 5.07. The summed E-state index contributed by atoms with van der Waals surface area (Å²) in [5, 5.41) is 3.35. The molecule has 1 fully saturated rings. The van der Waals surface area contributed by atoms with Gasteiger partial charge in [0.15, 0.2) is 0 Å². The van der Waals surface area contributed by atoms with Crippen LogP contribution < -0.4 is 20.5 Å². The number of hydrogen-bond donors (Lipinski definition) is 2. The number of nitrogens with one attached hydrogen (secondary N) is 1. The molecule has 5 rings (SSSR count). The Morgan fingerprint density at radius 3 is 2.71 bits per heavy atom. The number of carbonyl (C=O) groups excluding carboxylic acids is 1. The Labute approximate surface area is 221 Å². The molecule has 1 aliphatic heterocycles. The van der Waals surface area contributed by atoms with E-state index >= 15 is 0 Å². The minimum Gasteiger partial charge on any atom is -0.492 e. The van der Waals surface area contributed by atoms with Gasteiger partial charge < -0.3 is 20.5 Å². The molecule has 11 heteroatoms. The molecule has 0 saturated carbocycles. The monoisotopic (exact) mass is 544 g/mol. The van der Waals surface area contributed by atoms with Crippen LogP contribution in [0.3, 0.4) is 0 Å². The molecule has 1 saturated heterocycles. The first-order chi connectivity index (χ1) is 18.3. The van der Waals surface area contributed by atoms with Crippen LogP contribution in [0.2, 0.25) is 0 Å². The van der Waals surface area contributed by atoms with E-state index in [1.807, 2.05) is 22.7 Å². The highest BCUT2D eigenvalue weighted by atomic mass is 32.1. The molecule has 0 aliphatic carbocycles. The molecule has 0 atom stereocenters. The second-order valence-electron chi connectivity index (χ2n) is 9.23. The summed E-state index contributed by atoms with van der Waals surface area (Å²) < 4.78 is 54.0. The van der Waals surface area contributed by atoms with Crippen LogP contribution in [0.25, 0.3) is 16.2 Å². The van der Waals surface area contributed by atoms with Gasteiger partial charge in [-0.05, 0) is 50.0 Å². The summed E-state index contributed by atoms with van der Waals surface area (Å²) in [6, 6.07) is 10.7. The summed E-state index contributed by atoms with van der Waals surface area (Å²) in [6.07, 6.45) is 1.13. The number of hydrogen-bond acceptors (Lipinski definition) is 6. The van der Waals surface area contributed by atoms with Gasteiger partial charge in [0, 0.05) is 11.6 Å². The van der Waals surface area contributed by atoms with Crippen molar-refractivity contribution in [1.29, 1.82) is 0 Å². The number of nitrogens with two attached hydrogens (primary N) is 1. The van der Waals surface area contributed by atoms with E-state index in [1.54, 1.807) is 12.3 Å². The topological polar surface area (TPSA) is 90.9 Å². The van der Waals surface area contributed by atoms with Crippen LogP contribution in [-0.4, -0.2) is 35.0 Å². The maximum absolute atomic E-state index is 13.4. The number of amides is 1. The van der Waals surface area contributed by atoms with E-state index in [0.29, 0.717) is 34.5 Å². The number of rotatable bonds is 9. The molecule has 0 unspecified atom stereocenters. The van der Waals surface area contributed by atoms with Crippen LogP contribution in [0.15, 0.2) is 54.9 Å². The number of primary amides is 1. The average Bonchev–Trinajstić information content (AvgIpc) is 3.49. The smallest absolute Gasteiger partial charge is 0.416 e. The molecule has 38 heavy (non-hydrogen) atoms. The summed E-state index contributed by atoms with van der Waals surface area (Å²) >= 11 is 1.29. The van der Waals surface area contributed by atoms with Crippen molar-refractivity contribution in [3.63, 3.8) is 0 Å². The Morgan fingerprint density at radius 1 is 1.16 bits per heavy atom. The van der Waals surface area contributed by atoms with Gasteiger partial charge in [0.25, 0.3) is 0 Å². The number of pyridine rings is 1. The van der Waals surface area contributed by atoms with Gasteiger partial charge in [0.05, 0.1) is 46.4 Å². The third kappa shape index (κ3) is 5.94. The molecule has 0 spiro atoms. The minimum atomic E-state index is -4.50. The van der Waals surface area contributed by atoms with Gasteiger partial charge in [-0.1, -0.05) is 18.2 Å². The van der Waals surface area contributed by atoms with Crippen molar-refractivity contribution < 1.29 is 27.4 Å². The van der Waals surface area contributed by atoms with E-state index in [4.69, 9.17) is 15.2 Å². The highest BCUT2D eigenvalue weighted by Gasteiger charge is 2.33. The minimum absolute atomic E-state index is 0.00288. The maximum atomic E-state index is 13.4. The van der Waals surface area contributed by atoms with Gasteiger partial charge in [0.1, 0.15) is 23.8 Å². The number of imidazole rings is 1. The number of fused-ring (bicyclic) bond motifs is 1. The largest absolute Gasteiger partial charge is 0.492 e. The average molecular weight is 545 g/mol. The predicted molar refractivity (Wildman–Crippen MR) is 138 cm³/mol. The number of nitrogens with zero attached hydrogens (tertiary/aromatic N) is 2. The highest BCUT2D eigenvalue weighted by Crippen LogP contribution is 2.39. The van der Waals surface area contributed by atoms with Gasteiger partial charge >= 0.3 is 6.18 Å². The number of halogens is 3. The fourth-order valence-electron chi connectivity index (χ4n) is 4.51. The SMILES string of the molecule is NC(=O)Cc1sc(-c2cnc3ccc(OCC4CCNCC4)cn23)cc1OCc1ccccc1C(F)(F)F. The van der Waals surface area contributed by atoms with E-state index < -0.39 is 17.6 Å². The molecule has 3 N–H and O–H groups in total. The van der Waals surface area contributed by atoms with Crippen LogP contribution >= 0.6 is 11.3 Å². The lowest BCUT2D eigenvalue weighted by atomic mass is 9.99. The molecule has 0 bridgehead atoms. The van der Waals surface area contributed by atoms with E-state index in [1.165, 1.54) is 29.5 Å². The molecule has 1 aliphatic rings. The Balaban J connectivity index is 1.40. The number of carbonyl (C=O) groups is 1. The standard InChI is InChI=1S/C27H27F3N4O3S/c28-27(29,30)20-4-2-1-3-18(20)16-37-22-11-23(38-24(22)12-25(31)35)21-13-33-26-6-5-19(14-34(21)26)36-15-17-7-9-32-10-8-17/h1-6,11,13-14,17,32H,7-10,12,15-16H2,(H2,31,35). The summed E-state index contributed by atoms with van der Waals surface area (Å²) in [7, 11) is 0. The molecule has 1 aromatic carbocycles. The Bertz CT molecular complexity index is 1430. The van der Waals surface area contributed by atoms with Gasteiger partial charge in [-0.15, -0.1) is 11.3 Å². The first-order valence-corrected chi connectivity index (χ1v) is 13.1. The van der Waals surface area contributed by atoms with Gasteiger partial charge in [-0.2, -0.15) is 13.2 Å². The number of piperidine rings is 1. The van der Waals surface area contributed by atoms with Gasteiger partial charge in [-0.25, -0.2) is 4.98 Å². The molecule has 7 nitrogen and oxygen atoms in total. The number of ether oxygens (including phenoxy) is 2. The molecular formula is C27H27F3N4O3S. The van der Waals surface area contributed by atoms with Crippen LogP contribution in [0.1, 0.15) is 28.8 Å². The molecular weight excluding hydrogens is 517 g/mol. The second-order valence-corrected chi connectivity index (χ2v) is 10.4. The molecule has 4 heterocycles.